The van der Waals surface area contributed by atoms with E-state index in [9.17, 15) is 22.8 Å². The number of likely N-dealkylation sites (N-methyl/N-ethyl adjacent to an activating group) is 1. The molecular formula is C19H23F3N4O2S. The van der Waals surface area contributed by atoms with Gasteiger partial charge in [0.2, 0.25) is 11.8 Å². The van der Waals surface area contributed by atoms with E-state index >= 15 is 0 Å². The van der Waals surface area contributed by atoms with Gasteiger partial charge in [0.25, 0.3) is 0 Å². The number of nitrogens with one attached hydrogen (secondary N) is 1. The van der Waals surface area contributed by atoms with Gasteiger partial charge in [0.15, 0.2) is 5.13 Å². The number of hydrogen-bond donors (Lipinski definition) is 1. The Hall–Kier alpha value is -2.20. The van der Waals surface area contributed by atoms with Gasteiger partial charge in [-0.1, -0.05) is 23.5 Å². The SMILES string of the molecule is CCN(C(=O)CN1CCC(C(=O)NCC(F)(F)F)CC1)c1nc2ccccc2s1. The maximum absolute atomic E-state index is 12.8. The Labute approximate surface area is 170 Å². The molecule has 2 heterocycles. The highest BCUT2D eigenvalue weighted by atomic mass is 32.1. The van der Waals surface area contributed by atoms with Gasteiger partial charge >= 0.3 is 6.18 Å². The number of fused-ring (bicyclic) bond motifs is 1. The molecule has 2 aromatic rings. The van der Waals surface area contributed by atoms with Gasteiger partial charge in [-0.05, 0) is 45.0 Å². The van der Waals surface area contributed by atoms with Crippen LogP contribution in [0.2, 0.25) is 0 Å². The van der Waals surface area contributed by atoms with Gasteiger partial charge in [0, 0.05) is 12.5 Å². The molecule has 1 aliphatic rings. The van der Waals surface area contributed by atoms with Crippen molar-refractivity contribution < 1.29 is 22.8 Å². The highest BCUT2D eigenvalue weighted by Gasteiger charge is 2.31. The third kappa shape index (κ3) is 5.66. The summed E-state index contributed by atoms with van der Waals surface area (Å²) in [5.74, 6) is -1.10. The van der Waals surface area contributed by atoms with Crippen molar-refractivity contribution in [2.45, 2.75) is 25.9 Å². The summed E-state index contributed by atoms with van der Waals surface area (Å²) in [6, 6.07) is 7.70. The molecule has 0 aliphatic carbocycles. The standard InChI is InChI=1S/C19H23F3N4O2S/c1-2-26(18-24-14-5-3-4-6-15(14)29-18)16(27)11-25-9-7-13(8-10-25)17(28)23-12-19(20,21)22/h3-6,13H,2,7-12H2,1H3,(H,23,28). The molecule has 0 atom stereocenters. The predicted molar refractivity (Wildman–Crippen MR) is 106 cm³/mol. The second kappa shape index (κ2) is 9.08. The molecule has 29 heavy (non-hydrogen) atoms. The van der Waals surface area contributed by atoms with E-state index in [1.807, 2.05) is 41.4 Å². The second-order valence-electron chi connectivity index (χ2n) is 6.99. The average Bonchev–Trinajstić information content (AvgIpc) is 3.10. The van der Waals surface area contributed by atoms with Crippen LogP contribution in [0, 0.1) is 5.92 Å². The lowest BCUT2D eigenvalue weighted by Gasteiger charge is -2.32. The number of piperidine rings is 1. The van der Waals surface area contributed by atoms with Crippen LogP contribution >= 0.6 is 11.3 Å². The van der Waals surface area contributed by atoms with Crippen LogP contribution in [0.1, 0.15) is 19.8 Å². The zero-order chi connectivity index (χ0) is 21.0. The Kier molecular flexibility index (Phi) is 6.74. The van der Waals surface area contributed by atoms with E-state index in [-0.39, 0.29) is 12.5 Å². The maximum Gasteiger partial charge on any atom is 0.405 e. The molecule has 2 amide bonds. The smallest absolute Gasteiger partial charge is 0.347 e. The number of anilines is 1. The number of thiazole rings is 1. The summed E-state index contributed by atoms with van der Waals surface area (Å²) in [5.41, 5.74) is 0.851. The summed E-state index contributed by atoms with van der Waals surface area (Å²) >= 11 is 1.46. The van der Waals surface area contributed by atoms with Crippen LogP contribution in [0.4, 0.5) is 18.3 Å². The van der Waals surface area contributed by atoms with E-state index in [1.165, 1.54) is 11.3 Å². The molecule has 1 aromatic heterocycles. The molecule has 0 saturated carbocycles. The molecular weight excluding hydrogens is 405 g/mol. The summed E-state index contributed by atoms with van der Waals surface area (Å²) in [6.45, 7) is 2.26. The Morgan fingerprint density at radius 1 is 1.28 bits per heavy atom. The number of para-hydroxylation sites is 1. The lowest BCUT2D eigenvalue weighted by molar-refractivity contribution is -0.141. The zero-order valence-electron chi connectivity index (χ0n) is 16.0. The zero-order valence-corrected chi connectivity index (χ0v) is 16.9. The number of carbonyl (C=O) groups excluding carboxylic acids is 2. The minimum absolute atomic E-state index is 0.0773. The van der Waals surface area contributed by atoms with Crippen molar-refractivity contribution in [1.29, 1.82) is 0 Å². The minimum atomic E-state index is -4.41. The number of carbonyl (C=O) groups is 2. The summed E-state index contributed by atoms with van der Waals surface area (Å²) in [6.07, 6.45) is -3.54. The van der Waals surface area contributed by atoms with Gasteiger partial charge in [-0.25, -0.2) is 4.98 Å². The van der Waals surface area contributed by atoms with Gasteiger partial charge in [-0.2, -0.15) is 13.2 Å². The molecule has 3 rings (SSSR count). The number of nitrogens with zero attached hydrogens (tertiary/aromatic N) is 3. The van der Waals surface area contributed by atoms with Crippen molar-refractivity contribution in [2.24, 2.45) is 5.92 Å². The summed E-state index contributed by atoms with van der Waals surface area (Å²) in [7, 11) is 0. The Morgan fingerprint density at radius 2 is 1.97 bits per heavy atom. The lowest BCUT2D eigenvalue weighted by atomic mass is 9.96. The first-order chi connectivity index (χ1) is 13.8. The molecule has 0 bridgehead atoms. The fraction of sp³-hybridized carbons (Fsp3) is 0.526. The van der Waals surface area contributed by atoms with E-state index in [1.54, 1.807) is 4.90 Å². The molecule has 1 N–H and O–H groups in total. The van der Waals surface area contributed by atoms with Crippen LogP contribution < -0.4 is 10.2 Å². The third-order valence-corrected chi connectivity index (χ3v) is 5.97. The van der Waals surface area contributed by atoms with Gasteiger partial charge < -0.3 is 5.32 Å². The number of benzene rings is 1. The van der Waals surface area contributed by atoms with E-state index in [0.29, 0.717) is 37.6 Å². The van der Waals surface area contributed by atoms with Crippen LogP contribution in [0.25, 0.3) is 10.2 Å². The number of amides is 2. The van der Waals surface area contributed by atoms with Crippen molar-refractivity contribution in [3.63, 3.8) is 0 Å². The molecule has 1 saturated heterocycles. The van der Waals surface area contributed by atoms with Crippen LogP contribution in [0.15, 0.2) is 24.3 Å². The Bertz CT molecular complexity index is 830. The van der Waals surface area contributed by atoms with Crippen LogP contribution in [-0.2, 0) is 9.59 Å². The third-order valence-electron chi connectivity index (χ3n) is 4.91. The molecule has 6 nitrogen and oxygen atoms in total. The summed E-state index contributed by atoms with van der Waals surface area (Å²) in [5, 5.41) is 2.60. The van der Waals surface area contributed by atoms with Crippen LogP contribution in [0.3, 0.4) is 0 Å². The van der Waals surface area contributed by atoms with Gasteiger partial charge in [-0.3, -0.25) is 19.4 Å². The van der Waals surface area contributed by atoms with Crippen molar-refractivity contribution in [3.05, 3.63) is 24.3 Å². The largest absolute Gasteiger partial charge is 0.405 e. The van der Waals surface area contributed by atoms with E-state index < -0.39 is 24.5 Å². The molecule has 10 heteroatoms. The van der Waals surface area contributed by atoms with Gasteiger partial charge in [0.1, 0.15) is 6.54 Å². The topological polar surface area (TPSA) is 65.5 Å². The van der Waals surface area contributed by atoms with Gasteiger partial charge in [0.05, 0.1) is 16.8 Å². The molecule has 0 spiro atoms. The minimum Gasteiger partial charge on any atom is -0.347 e. The Balaban J connectivity index is 1.52. The molecule has 158 valence electrons. The van der Waals surface area contributed by atoms with Crippen LogP contribution in [-0.4, -0.2) is 60.6 Å². The fourth-order valence-corrected chi connectivity index (χ4v) is 4.40. The number of likely N-dealkylation sites (tertiary alicyclic amines) is 1. The normalized spacial score (nSPS) is 16.1. The molecule has 1 aromatic carbocycles. The Morgan fingerprint density at radius 3 is 2.59 bits per heavy atom. The number of aromatic nitrogens is 1. The first kappa shape index (κ1) is 21.5. The molecule has 1 aliphatic heterocycles. The van der Waals surface area contributed by atoms with Crippen molar-refractivity contribution in [1.82, 2.24) is 15.2 Å². The quantitative estimate of drug-likeness (QED) is 0.768. The van der Waals surface area contributed by atoms with Gasteiger partial charge in [-0.15, -0.1) is 0 Å². The molecule has 0 radical (unpaired) electrons. The van der Waals surface area contributed by atoms with Crippen molar-refractivity contribution >= 4 is 38.5 Å². The maximum atomic E-state index is 12.8. The number of rotatable bonds is 6. The monoisotopic (exact) mass is 428 g/mol. The second-order valence-corrected chi connectivity index (χ2v) is 7.99. The van der Waals surface area contributed by atoms with E-state index in [4.69, 9.17) is 0 Å². The average molecular weight is 428 g/mol. The molecule has 1 fully saturated rings. The van der Waals surface area contributed by atoms with E-state index in [0.717, 1.165) is 10.2 Å². The van der Waals surface area contributed by atoms with E-state index in [2.05, 4.69) is 4.98 Å². The summed E-state index contributed by atoms with van der Waals surface area (Å²) in [4.78, 5) is 32.8. The number of alkyl halides is 3. The fourth-order valence-electron chi connectivity index (χ4n) is 3.36. The summed E-state index contributed by atoms with van der Waals surface area (Å²) < 4.78 is 37.7. The number of hydrogen-bond acceptors (Lipinski definition) is 5. The van der Waals surface area contributed by atoms with Crippen molar-refractivity contribution in [2.75, 3.05) is 37.6 Å². The predicted octanol–water partition coefficient (Wildman–Crippen LogP) is 3.04. The molecule has 0 unspecified atom stereocenters. The lowest BCUT2D eigenvalue weighted by Crippen LogP contribution is -2.46. The number of halogens is 3. The highest BCUT2D eigenvalue weighted by molar-refractivity contribution is 7.22. The van der Waals surface area contributed by atoms with Crippen molar-refractivity contribution in [3.8, 4) is 0 Å². The highest BCUT2D eigenvalue weighted by Crippen LogP contribution is 2.29. The first-order valence-corrected chi connectivity index (χ1v) is 10.3. The van der Waals surface area contributed by atoms with Crippen LogP contribution in [0.5, 0.6) is 0 Å². The first-order valence-electron chi connectivity index (χ1n) is 9.49.